The Labute approximate surface area is 184 Å². The first kappa shape index (κ1) is 22.3. The van der Waals surface area contributed by atoms with Crippen molar-refractivity contribution < 1.29 is 18.7 Å². The standard InChI is InChI=1S/C21H22Cl2FN3O3/c1-20(2,3)30-19(29)27-11-21(12-27,17-16(24)5-4-8-25-17)10-26-18(28)14-7-6-13(22)9-15(14)23/h4-9H,10-12H2,1-3H3,(H,26,28). The molecule has 9 heteroatoms. The highest BCUT2D eigenvalue weighted by Crippen LogP contribution is 2.35. The fourth-order valence-electron chi connectivity index (χ4n) is 3.28. The summed E-state index contributed by atoms with van der Waals surface area (Å²) in [7, 11) is 0. The normalized spacial score (nSPS) is 15.3. The van der Waals surface area contributed by atoms with E-state index in [4.69, 9.17) is 27.9 Å². The quantitative estimate of drug-likeness (QED) is 0.742. The molecule has 1 N–H and O–H groups in total. The molecule has 0 unspecified atom stereocenters. The van der Waals surface area contributed by atoms with Gasteiger partial charge in [0.15, 0.2) is 0 Å². The summed E-state index contributed by atoms with van der Waals surface area (Å²) < 4.78 is 19.9. The maximum atomic E-state index is 14.5. The van der Waals surface area contributed by atoms with E-state index < -0.39 is 28.8 Å². The predicted octanol–water partition coefficient (Wildman–Crippen LogP) is 4.45. The van der Waals surface area contributed by atoms with Crippen molar-refractivity contribution >= 4 is 35.2 Å². The van der Waals surface area contributed by atoms with Crippen LogP contribution in [0, 0.1) is 5.82 Å². The molecule has 0 spiro atoms. The van der Waals surface area contributed by atoms with Crippen LogP contribution in [-0.4, -0.2) is 47.1 Å². The summed E-state index contributed by atoms with van der Waals surface area (Å²) in [5.41, 5.74) is -1.09. The highest BCUT2D eigenvalue weighted by Gasteiger charge is 2.50. The van der Waals surface area contributed by atoms with Crippen LogP contribution in [0.2, 0.25) is 10.0 Å². The number of nitrogens with one attached hydrogen (secondary N) is 1. The third kappa shape index (κ3) is 4.84. The number of pyridine rings is 1. The van der Waals surface area contributed by atoms with Crippen molar-refractivity contribution in [1.82, 2.24) is 15.2 Å². The van der Waals surface area contributed by atoms with Crippen LogP contribution < -0.4 is 5.32 Å². The average Bonchev–Trinajstić information content (AvgIpc) is 2.60. The molecule has 30 heavy (non-hydrogen) atoms. The Balaban J connectivity index is 1.78. The van der Waals surface area contributed by atoms with Gasteiger partial charge >= 0.3 is 6.09 Å². The van der Waals surface area contributed by atoms with Crippen LogP contribution in [0.1, 0.15) is 36.8 Å². The maximum absolute atomic E-state index is 14.5. The summed E-state index contributed by atoms with van der Waals surface area (Å²) in [5, 5.41) is 3.41. The largest absolute Gasteiger partial charge is 0.444 e. The molecule has 1 aromatic carbocycles. The Hall–Kier alpha value is -2.38. The summed E-state index contributed by atoms with van der Waals surface area (Å²) in [4.78, 5) is 30.6. The molecule has 0 aliphatic carbocycles. The molecule has 2 amide bonds. The number of aromatic nitrogens is 1. The second kappa shape index (κ2) is 8.40. The zero-order valence-corrected chi connectivity index (χ0v) is 18.4. The number of hydrogen-bond acceptors (Lipinski definition) is 4. The van der Waals surface area contributed by atoms with E-state index in [2.05, 4.69) is 10.3 Å². The number of carbonyl (C=O) groups excluding carboxylic acids is 2. The fourth-order valence-corrected chi connectivity index (χ4v) is 3.77. The van der Waals surface area contributed by atoms with Gasteiger partial charge in [0, 0.05) is 30.9 Å². The molecule has 1 fully saturated rings. The number of halogens is 3. The van der Waals surface area contributed by atoms with Gasteiger partial charge in [0.2, 0.25) is 0 Å². The molecular weight excluding hydrogens is 432 g/mol. The van der Waals surface area contributed by atoms with Crippen LogP contribution in [0.25, 0.3) is 0 Å². The molecule has 2 aromatic rings. The number of amides is 2. The van der Waals surface area contributed by atoms with Gasteiger partial charge in [-0.2, -0.15) is 0 Å². The lowest BCUT2D eigenvalue weighted by Gasteiger charge is -2.49. The van der Waals surface area contributed by atoms with Crippen LogP contribution >= 0.6 is 23.2 Å². The summed E-state index contributed by atoms with van der Waals surface area (Å²) in [6.07, 6.45) is 0.982. The van der Waals surface area contributed by atoms with Gasteiger partial charge < -0.3 is 15.0 Å². The average molecular weight is 454 g/mol. The number of rotatable bonds is 4. The number of benzene rings is 1. The van der Waals surface area contributed by atoms with Crippen molar-refractivity contribution in [3.8, 4) is 0 Å². The fraction of sp³-hybridized carbons (Fsp3) is 0.381. The Morgan fingerprint density at radius 2 is 1.97 bits per heavy atom. The van der Waals surface area contributed by atoms with E-state index >= 15 is 0 Å². The van der Waals surface area contributed by atoms with E-state index in [1.165, 1.54) is 35.4 Å². The Bertz CT molecular complexity index is 972. The Morgan fingerprint density at radius 1 is 1.27 bits per heavy atom. The van der Waals surface area contributed by atoms with Crippen molar-refractivity contribution in [2.75, 3.05) is 19.6 Å². The number of nitrogens with zero attached hydrogens (tertiary/aromatic N) is 2. The first-order valence-electron chi connectivity index (χ1n) is 9.33. The summed E-state index contributed by atoms with van der Waals surface area (Å²) in [5.74, 6) is -0.928. The van der Waals surface area contributed by atoms with Crippen LogP contribution in [0.5, 0.6) is 0 Å². The van der Waals surface area contributed by atoms with Crippen molar-refractivity contribution in [3.05, 3.63) is 63.6 Å². The van der Waals surface area contributed by atoms with Gasteiger partial charge in [0.05, 0.1) is 21.7 Å². The molecular formula is C21H22Cl2FN3O3. The third-order valence-electron chi connectivity index (χ3n) is 4.66. The Morgan fingerprint density at radius 3 is 2.57 bits per heavy atom. The van der Waals surface area contributed by atoms with Crippen molar-refractivity contribution in [3.63, 3.8) is 0 Å². The molecule has 0 radical (unpaired) electrons. The topological polar surface area (TPSA) is 71.5 Å². The number of likely N-dealkylation sites (tertiary alicyclic amines) is 1. The first-order chi connectivity index (χ1) is 14.0. The van der Waals surface area contributed by atoms with E-state index in [0.717, 1.165) is 0 Å². The van der Waals surface area contributed by atoms with Crippen LogP contribution in [-0.2, 0) is 10.2 Å². The number of hydrogen-bond donors (Lipinski definition) is 1. The van der Waals surface area contributed by atoms with Crippen molar-refractivity contribution in [1.29, 1.82) is 0 Å². The minimum absolute atomic E-state index is 0.0675. The Kier molecular flexibility index (Phi) is 6.24. The molecule has 160 valence electrons. The molecule has 6 nitrogen and oxygen atoms in total. The first-order valence-corrected chi connectivity index (χ1v) is 10.1. The highest BCUT2D eigenvalue weighted by atomic mass is 35.5. The zero-order valence-electron chi connectivity index (χ0n) is 16.8. The second-order valence-electron chi connectivity index (χ2n) is 8.26. The van der Waals surface area contributed by atoms with E-state index in [0.29, 0.717) is 5.02 Å². The van der Waals surface area contributed by atoms with E-state index in [-0.39, 0.29) is 35.9 Å². The van der Waals surface area contributed by atoms with Gasteiger partial charge in [-0.3, -0.25) is 9.78 Å². The molecule has 1 aliphatic heterocycles. The summed E-state index contributed by atoms with van der Waals surface area (Å²) >= 11 is 12.0. The molecule has 1 saturated heterocycles. The molecule has 2 heterocycles. The molecule has 1 aromatic heterocycles. The molecule has 0 bridgehead atoms. The molecule has 0 atom stereocenters. The van der Waals surface area contributed by atoms with Crippen molar-refractivity contribution in [2.24, 2.45) is 0 Å². The SMILES string of the molecule is CC(C)(C)OC(=O)N1CC(CNC(=O)c2ccc(Cl)cc2Cl)(c2ncccc2F)C1. The van der Waals surface area contributed by atoms with Gasteiger partial charge in [-0.15, -0.1) is 0 Å². The number of carbonyl (C=O) groups is 2. The monoisotopic (exact) mass is 453 g/mol. The lowest BCUT2D eigenvalue weighted by molar-refractivity contribution is -0.0110. The van der Waals surface area contributed by atoms with E-state index in [1.54, 1.807) is 26.8 Å². The second-order valence-corrected chi connectivity index (χ2v) is 9.10. The molecule has 0 saturated carbocycles. The minimum Gasteiger partial charge on any atom is -0.444 e. The lowest BCUT2D eigenvalue weighted by Crippen LogP contribution is -2.66. The smallest absolute Gasteiger partial charge is 0.410 e. The van der Waals surface area contributed by atoms with Gasteiger partial charge in [0.1, 0.15) is 11.4 Å². The third-order valence-corrected chi connectivity index (χ3v) is 5.21. The van der Waals surface area contributed by atoms with Crippen LogP contribution in [0.4, 0.5) is 9.18 Å². The van der Waals surface area contributed by atoms with Gasteiger partial charge in [-0.05, 0) is 51.1 Å². The summed E-state index contributed by atoms with van der Waals surface area (Å²) in [6.45, 7) is 5.69. The van der Waals surface area contributed by atoms with E-state index in [9.17, 15) is 14.0 Å². The lowest BCUT2D eigenvalue weighted by atomic mass is 9.76. The van der Waals surface area contributed by atoms with Gasteiger partial charge in [-0.1, -0.05) is 23.2 Å². The van der Waals surface area contributed by atoms with Gasteiger partial charge in [0.25, 0.3) is 5.91 Å². The zero-order chi connectivity index (χ0) is 22.1. The van der Waals surface area contributed by atoms with E-state index in [1.807, 2.05) is 0 Å². The van der Waals surface area contributed by atoms with Crippen LogP contribution in [0.15, 0.2) is 36.5 Å². The molecule has 3 rings (SSSR count). The van der Waals surface area contributed by atoms with Gasteiger partial charge in [-0.25, -0.2) is 9.18 Å². The predicted molar refractivity (Wildman–Crippen MR) is 112 cm³/mol. The maximum Gasteiger partial charge on any atom is 0.410 e. The minimum atomic E-state index is -0.878. The molecule has 1 aliphatic rings. The highest BCUT2D eigenvalue weighted by molar-refractivity contribution is 6.36. The van der Waals surface area contributed by atoms with Crippen LogP contribution in [0.3, 0.4) is 0 Å². The summed E-state index contributed by atoms with van der Waals surface area (Å²) in [6, 6.07) is 7.34. The number of ether oxygens (including phenoxy) is 1. The van der Waals surface area contributed by atoms with Crippen molar-refractivity contribution in [2.45, 2.75) is 31.8 Å².